The molecule has 5 nitrogen and oxygen atoms in total. The van der Waals surface area contributed by atoms with Crippen LogP contribution in [0.2, 0.25) is 0 Å². The van der Waals surface area contributed by atoms with E-state index in [9.17, 15) is 17.6 Å². The number of amides is 1. The van der Waals surface area contributed by atoms with Crippen molar-refractivity contribution in [1.29, 1.82) is 0 Å². The number of hydrogen-bond acceptors (Lipinski definition) is 3. The highest BCUT2D eigenvalue weighted by molar-refractivity contribution is 7.88. The Morgan fingerprint density at radius 3 is 2.61 bits per heavy atom. The lowest BCUT2D eigenvalue weighted by atomic mass is 10.2. The monoisotopic (exact) mass is 274 g/mol. The van der Waals surface area contributed by atoms with Crippen molar-refractivity contribution in [3.63, 3.8) is 0 Å². The van der Waals surface area contributed by atoms with Crippen LogP contribution in [0.5, 0.6) is 0 Å². The van der Waals surface area contributed by atoms with Crippen LogP contribution in [0.1, 0.15) is 12.5 Å². The van der Waals surface area contributed by atoms with E-state index in [1.807, 2.05) is 0 Å². The predicted octanol–water partition coefficient (Wildman–Crippen LogP) is 0.381. The fourth-order valence-electron chi connectivity index (χ4n) is 1.31. The molecular formula is C11H15FN2O3S. The van der Waals surface area contributed by atoms with E-state index in [1.54, 1.807) is 13.0 Å². The summed E-state index contributed by atoms with van der Waals surface area (Å²) in [6.07, 6.45) is 0. The van der Waals surface area contributed by atoms with Crippen molar-refractivity contribution in [1.82, 2.24) is 10.0 Å². The van der Waals surface area contributed by atoms with E-state index in [0.29, 0.717) is 6.54 Å². The van der Waals surface area contributed by atoms with Gasteiger partial charge in [-0.2, -0.15) is 0 Å². The molecule has 0 saturated carbocycles. The molecule has 0 aliphatic rings. The van der Waals surface area contributed by atoms with Crippen LogP contribution in [-0.2, 0) is 20.6 Å². The molecule has 1 amide bonds. The second kappa shape index (κ2) is 6.46. The van der Waals surface area contributed by atoms with Gasteiger partial charge in [0.25, 0.3) is 0 Å². The first-order valence-corrected chi connectivity index (χ1v) is 7.07. The molecule has 0 bridgehead atoms. The minimum absolute atomic E-state index is 0.0703. The van der Waals surface area contributed by atoms with E-state index in [2.05, 4.69) is 10.0 Å². The molecule has 0 atom stereocenters. The minimum atomic E-state index is -3.72. The van der Waals surface area contributed by atoms with Crippen LogP contribution >= 0.6 is 0 Å². The summed E-state index contributed by atoms with van der Waals surface area (Å²) in [4.78, 5) is 11.1. The molecule has 0 radical (unpaired) electrons. The third kappa shape index (κ3) is 4.80. The highest BCUT2D eigenvalue weighted by atomic mass is 32.2. The highest BCUT2D eigenvalue weighted by Gasteiger charge is 2.15. The summed E-state index contributed by atoms with van der Waals surface area (Å²) < 4.78 is 38.6. The smallest absolute Gasteiger partial charge is 0.235 e. The Morgan fingerprint density at radius 1 is 1.33 bits per heavy atom. The van der Waals surface area contributed by atoms with Crippen molar-refractivity contribution in [3.8, 4) is 0 Å². The van der Waals surface area contributed by atoms with Crippen LogP contribution in [0, 0.1) is 5.82 Å². The SMILES string of the molecule is CCNC(=O)CNS(=O)(=O)Cc1ccccc1F. The number of carbonyl (C=O) groups is 1. The van der Waals surface area contributed by atoms with Crippen molar-refractivity contribution in [2.75, 3.05) is 13.1 Å². The minimum Gasteiger partial charge on any atom is -0.355 e. The molecular weight excluding hydrogens is 259 g/mol. The molecule has 0 fully saturated rings. The zero-order valence-electron chi connectivity index (χ0n) is 9.94. The van der Waals surface area contributed by atoms with Crippen molar-refractivity contribution in [2.24, 2.45) is 0 Å². The van der Waals surface area contributed by atoms with Crippen LogP contribution < -0.4 is 10.0 Å². The lowest BCUT2D eigenvalue weighted by Crippen LogP contribution is -2.37. The molecule has 0 unspecified atom stereocenters. The van der Waals surface area contributed by atoms with Crippen molar-refractivity contribution in [3.05, 3.63) is 35.6 Å². The van der Waals surface area contributed by atoms with Crippen molar-refractivity contribution in [2.45, 2.75) is 12.7 Å². The number of nitrogens with one attached hydrogen (secondary N) is 2. The number of carbonyl (C=O) groups excluding carboxylic acids is 1. The summed E-state index contributed by atoms with van der Waals surface area (Å²) in [7, 11) is -3.72. The Bertz CT molecular complexity index is 517. The second-order valence-corrected chi connectivity index (χ2v) is 5.43. The normalized spacial score (nSPS) is 11.2. The van der Waals surface area contributed by atoms with Gasteiger partial charge in [0.2, 0.25) is 15.9 Å². The molecule has 0 heterocycles. The zero-order chi connectivity index (χ0) is 13.6. The summed E-state index contributed by atoms with van der Waals surface area (Å²) in [5.74, 6) is -1.49. The number of likely N-dealkylation sites (N-methyl/N-ethyl adjacent to an activating group) is 1. The number of rotatable bonds is 6. The molecule has 2 N–H and O–H groups in total. The average molecular weight is 274 g/mol. The summed E-state index contributed by atoms with van der Waals surface area (Å²) >= 11 is 0. The first kappa shape index (κ1) is 14.6. The maximum Gasteiger partial charge on any atom is 0.235 e. The van der Waals surface area contributed by atoms with Gasteiger partial charge in [0, 0.05) is 12.1 Å². The van der Waals surface area contributed by atoms with E-state index in [4.69, 9.17) is 0 Å². The molecule has 0 aliphatic carbocycles. The maximum atomic E-state index is 13.3. The van der Waals surface area contributed by atoms with E-state index >= 15 is 0 Å². The number of halogens is 1. The van der Waals surface area contributed by atoms with Crippen LogP contribution in [-0.4, -0.2) is 27.4 Å². The maximum absolute atomic E-state index is 13.3. The van der Waals surface area contributed by atoms with Gasteiger partial charge in [-0.25, -0.2) is 17.5 Å². The van der Waals surface area contributed by atoms with Gasteiger partial charge in [0.05, 0.1) is 12.3 Å². The first-order chi connectivity index (χ1) is 8.44. The molecule has 0 saturated heterocycles. The summed E-state index contributed by atoms with van der Waals surface area (Å²) in [6, 6.07) is 5.61. The molecule has 1 rings (SSSR count). The Labute approximate surface area is 105 Å². The summed E-state index contributed by atoms with van der Waals surface area (Å²) in [5, 5.41) is 2.45. The van der Waals surface area contributed by atoms with E-state index in [1.165, 1.54) is 18.2 Å². The lowest BCUT2D eigenvalue weighted by molar-refractivity contribution is -0.119. The summed E-state index contributed by atoms with van der Waals surface area (Å²) in [5.41, 5.74) is 0.0703. The van der Waals surface area contributed by atoms with Crippen LogP contribution in [0.4, 0.5) is 4.39 Å². The Balaban J connectivity index is 2.60. The topological polar surface area (TPSA) is 75.3 Å². The third-order valence-electron chi connectivity index (χ3n) is 2.13. The number of hydrogen-bond donors (Lipinski definition) is 2. The standard InChI is InChI=1S/C11H15FN2O3S/c1-2-13-11(15)7-14-18(16,17)8-9-5-3-4-6-10(9)12/h3-6,14H,2,7-8H2,1H3,(H,13,15). The highest BCUT2D eigenvalue weighted by Crippen LogP contribution is 2.09. The van der Waals surface area contributed by atoms with Gasteiger partial charge >= 0.3 is 0 Å². The average Bonchev–Trinajstić information content (AvgIpc) is 2.30. The molecule has 0 spiro atoms. The largest absolute Gasteiger partial charge is 0.355 e. The number of benzene rings is 1. The van der Waals surface area contributed by atoms with Gasteiger partial charge in [-0.1, -0.05) is 18.2 Å². The van der Waals surface area contributed by atoms with E-state index in [0.717, 1.165) is 0 Å². The Hall–Kier alpha value is -1.47. The molecule has 7 heteroatoms. The van der Waals surface area contributed by atoms with Crippen LogP contribution in [0.3, 0.4) is 0 Å². The van der Waals surface area contributed by atoms with Gasteiger partial charge in [0.1, 0.15) is 5.82 Å². The van der Waals surface area contributed by atoms with Gasteiger partial charge in [0.15, 0.2) is 0 Å². The van der Waals surface area contributed by atoms with Gasteiger partial charge < -0.3 is 5.32 Å². The van der Waals surface area contributed by atoms with Crippen LogP contribution in [0.15, 0.2) is 24.3 Å². The van der Waals surface area contributed by atoms with Crippen molar-refractivity contribution < 1.29 is 17.6 Å². The van der Waals surface area contributed by atoms with E-state index in [-0.39, 0.29) is 12.1 Å². The van der Waals surface area contributed by atoms with Gasteiger partial charge in [-0.05, 0) is 13.0 Å². The zero-order valence-corrected chi connectivity index (χ0v) is 10.8. The lowest BCUT2D eigenvalue weighted by Gasteiger charge is -2.07. The fourth-order valence-corrected chi connectivity index (χ4v) is 2.40. The third-order valence-corrected chi connectivity index (χ3v) is 3.41. The van der Waals surface area contributed by atoms with Gasteiger partial charge in [-0.15, -0.1) is 0 Å². The molecule has 1 aromatic rings. The Kier molecular flexibility index (Phi) is 5.24. The predicted molar refractivity (Wildman–Crippen MR) is 65.7 cm³/mol. The quantitative estimate of drug-likeness (QED) is 0.787. The molecule has 1 aromatic carbocycles. The molecule has 0 aliphatic heterocycles. The van der Waals surface area contributed by atoms with E-state index < -0.39 is 27.5 Å². The summed E-state index contributed by atoms with van der Waals surface area (Å²) in [6.45, 7) is 1.81. The molecule has 18 heavy (non-hydrogen) atoms. The number of sulfonamides is 1. The first-order valence-electron chi connectivity index (χ1n) is 5.42. The van der Waals surface area contributed by atoms with Crippen molar-refractivity contribution >= 4 is 15.9 Å². The second-order valence-electron chi connectivity index (χ2n) is 3.63. The molecule has 0 aromatic heterocycles. The van der Waals surface area contributed by atoms with Gasteiger partial charge in [-0.3, -0.25) is 4.79 Å². The fraction of sp³-hybridized carbons (Fsp3) is 0.364. The molecule has 100 valence electrons. The Morgan fingerprint density at radius 2 is 2.00 bits per heavy atom. The van der Waals surface area contributed by atoms with Crippen LogP contribution in [0.25, 0.3) is 0 Å².